The van der Waals surface area contributed by atoms with Gasteiger partial charge in [-0.05, 0) is 43.8 Å². The number of anilines is 3. The zero-order valence-electron chi connectivity index (χ0n) is 15.4. The summed E-state index contributed by atoms with van der Waals surface area (Å²) in [4.78, 5) is 27.2. The third-order valence-corrected chi connectivity index (χ3v) is 4.64. The molecule has 1 aliphatic heterocycles. The van der Waals surface area contributed by atoms with E-state index < -0.39 is 11.0 Å². The Morgan fingerprint density at radius 1 is 1.07 bits per heavy atom. The zero-order valence-corrected chi connectivity index (χ0v) is 15.4. The van der Waals surface area contributed by atoms with Crippen LogP contribution in [0.25, 0.3) is 0 Å². The summed E-state index contributed by atoms with van der Waals surface area (Å²) in [6, 6.07) is 11.4. The predicted octanol–water partition coefficient (Wildman–Crippen LogP) is 3.30. The van der Waals surface area contributed by atoms with Gasteiger partial charge in [-0.15, -0.1) is 0 Å². The lowest BCUT2D eigenvalue weighted by Gasteiger charge is -2.34. The lowest BCUT2D eigenvalue weighted by molar-refractivity contribution is -0.384. The fourth-order valence-electron chi connectivity index (χ4n) is 3.03. The van der Waals surface area contributed by atoms with Crippen LogP contribution in [-0.4, -0.2) is 49.1 Å². The Morgan fingerprint density at radius 3 is 2.48 bits per heavy atom. The Bertz CT molecular complexity index is 847. The third-order valence-electron chi connectivity index (χ3n) is 4.64. The summed E-state index contributed by atoms with van der Waals surface area (Å²) >= 11 is 0. The molecule has 2 N–H and O–H groups in total. The molecule has 8 nitrogen and oxygen atoms in total. The van der Waals surface area contributed by atoms with Gasteiger partial charge in [0.2, 0.25) is 0 Å². The van der Waals surface area contributed by atoms with Gasteiger partial charge in [-0.3, -0.25) is 10.1 Å². The standard InChI is InChI=1S/C19H23N5O3/c1-14-12-16(23-10-8-22(2)9-11-23)6-7-18(14)21-19(25)20-15-4-3-5-17(13-15)24(26)27/h3-7,12-13H,8-11H2,1-2H3,(H2,20,21,25). The molecule has 1 fully saturated rings. The number of nitrogens with zero attached hydrogens (tertiary/aromatic N) is 3. The van der Waals surface area contributed by atoms with E-state index in [1.54, 1.807) is 6.07 Å². The Hall–Kier alpha value is -3.13. The van der Waals surface area contributed by atoms with Gasteiger partial charge in [-0.2, -0.15) is 0 Å². The number of urea groups is 1. The van der Waals surface area contributed by atoms with Crippen molar-refractivity contribution in [2.45, 2.75) is 6.92 Å². The zero-order chi connectivity index (χ0) is 19.4. The molecule has 0 unspecified atom stereocenters. The number of likely N-dealkylation sites (N-methyl/N-ethyl adjacent to an activating group) is 1. The number of nitrogens with one attached hydrogen (secondary N) is 2. The second-order valence-corrected chi connectivity index (χ2v) is 6.68. The van der Waals surface area contributed by atoms with Crippen LogP contribution in [0.3, 0.4) is 0 Å². The highest BCUT2D eigenvalue weighted by molar-refractivity contribution is 6.00. The Balaban J connectivity index is 1.64. The van der Waals surface area contributed by atoms with Crippen molar-refractivity contribution in [1.29, 1.82) is 0 Å². The Kier molecular flexibility index (Phi) is 5.56. The number of hydrogen-bond acceptors (Lipinski definition) is 5. The Morgan fingerprint density at radius 2 is 1.81 bits per heavy atom. The van der Waals surface area contributed by atoms with Gasteiger partial charge < -0.3 is 20.4 Å². The first kappa shape index (κ1) is 18.7. The topological polar surface area (TPSA) is 90.8 Å². The van der Waals surface area contributed by atoms with Gasteiger partial charge in [0.15, 0.2) is 0 Å². The molecule has 2 amide bonds. The number of piperazine rings is 1. The number of nitro benzene ring substituents is 1. The number of hydrogen-bond donors (Lipinski definition) is 2. The predicted molar refractivity (Wildman–Crippen MR) is 107 cm³/mol. The van der Waals surface area contributed by atoms with Crippen molar-refractivity contribution >= 4 is 28.8 Å². The van der Waals surface area contributed by atoms with E-state index in [0.717, 1.165) is 37.4 Å². The van der Waals surface area contributed by atoms with Gasteiger partial charge in [0.25, 0.3) is 5.69 Å². The number of aryl methyl sites for hydroxylation is 1. The smallest absolute Gasteiger partial charge is 0.323 e. The summed E-state index contributed by atoms with van der Waals surface area (Å²) in [5.41, 5.74) is 3.11. The summed E-state index contributed by atoms with van der Waals surface area (Å²) in [5.74, 6) is 0. The summed E-state index contributed by atoms with van der Waals surface area (Å²) in [5, 5.41) is 16.2. The largest absolute Gasteiger partial charge is 0.369 e. The fourth-order valence-corrected chi connectivity index (χ4v) is 3.03. The maximum Gasteiger partial charge on any atom is 0.323 e. The molecule has 2 aromatic rings. The molecule has 1 saturated heterocycles. The maximum atomic E-state index is 12.2. The van der Waals surface area contributed by atoms with Crippen LogP contribution in [-0.2, 0) is 0 Å². The van der Waals surface area contributed by atoms with E-state index in [2.05, 4.69) is 33.5 Å². The number of benzene rings is 2. The number of carbonyl (C=O) groups is 1. The van der Waals surface area contributed by atoms with Crippen LogP contribution >= 0.6 is 0 Å². The quantitative estimate of drug-likeness (QED) is 0.637. The van der Waals surface area contributed by atoms with E-state index in [4.69, 9.17) is 0 Å². The second kappa shape index (κ2) is 8.05. The van der Waals surface area contributed by atoms with Crippen molar-refractivity contribution in [3.63, 3.8) is 0 Å². The minimum Gasteiger partial charge on any atom is -0.369 e. The molecular formula is C19H23N5O3. The van der Waals surface area contributed by atoms with Crippen LogP contribution in [0.5, 0.6) is 0 Å². The summed E-state index contributed by atoms with van der Waals surface area (Å²) in [7, 11) is 2.12. The average molecular weight is 369 g/mol. The van der Waals surface area contributed by atoms with E-state index in [1.807, 2.05) is 19.1 Å². The number of non-ortho nitro benzene ring substituents is 1. The maximum absolute atomic E-state index is 12.2. The van der Waals surface area contributed by atoms with Gasteiger partial charge in [0.05, 0.1) is 4.92 Å². The average Bonchev–Trinajstić information content (AvgIpc) is 2.64. The first-order chi connectivity index (χ1) is 12.9. The van der Waals surface area contributed by atoms with Gasteiger partial charge in [-0.1, -0.05) is 6.07 Å². The van der Waals surface area contributed by atoms with E-state index in [9.17, 15) is 14.9 Å². The molecule has 0 saturated carbocycles. The second-order valence-electron chi connectivity index (χ2n) is 6.68. The molecular weight excluding hydrogens is 346 g/mol. The van der Waals surface area contributed by atoms with Gasteiger partial charge in [0, 0.05) is 55.4 Å². The summed E-state index contributed by atoms with van der Waals surface area (Å²) < 4.78 is 0. The van der Waals surface area contributed by atoms with Crippen LogP contribution in [0.4, 0.5) is 27.5 Å². The normalized spacial score (nSPS) is 14.7. The fraction of sp³-hybridized carbons (Fsp3) is 0.316. The molecule has 1 heterocycles. The first-order valence-corrected chi connectivity index (χ1v) is 8.79. The minimum atomic E-state index is -0.496. The minimum absolute atomic E-state index is 0.0690. The van der Waals surface area contributed by atoms with Crippen molar-refractivity contribution in [3.8, 4) is 0 Å². The van der Waals surface area contributed by atoms with Crippen LogP contribution in [0.1, 0.15) is 5.56 Å². The van der Waals surface area contributed by atoms with E-state index in [-0.39, 0.29) is 5.69 Å². The first-order valence-electron chi connectivity index (χ1n) is 8.79. The van der Waals surface area contributed by atoms with E-state index in [0.29, 0.717) is 11.4 Å². The van der Waals surface area contributed by atoms with E-state index in [1.165, 1.54) is 18.2 Å². The van der Waals surface area contributed by atoms with Gasteiger partial charge in [0.1, 0.15) is 0 Å². The molecule has 27 heavy (non-hydrogen) atoms. The van der Waals surface area contributed by atoms with E-state index >= 15 is 0 Å². The summed E-state index contributed by atoms with van der Waals surface area (Å²) in [6.07, 6.45) is 0. The SMILES string of the molecule is Cc1cc(N2CCN(C)CC2)ccc1NC(=O)Nc1cccc([N+](=O)[O-])c1. The van der Waals surface area contributed by atoms with Crippen molar-refractivity contribution in [1.82, 2.24) is 4.90 Å². The molecule has 8 heteroatoms. The van der Waals surface area contributed by atoms with Gasteiger partial charge >= 0.3 is 6.03 Å². The molecule has 2 aromatic carbocycles. The molecule has 0 aliphatic carbocycles. The number of carbonyl (C=O) groups excluding carboxylic acids is 1. The highest BCUT2D eigenvalue weighted by atomic mass is 16.6. The van der Waals surface area contributed by atoms with Crippen molar-refractivity contribution in [3.05, 3.63) is 58.1 Å². The van der Waals surface area contributed by atoms with Crippen LogP contribution in [0.15, 0.2) is 42.5 Å². The molecule has 142 valence electrons. The summed E-state index contributed by atoms with van der Waals surface area (Å²) in [6.45, 7) is 5.98. The highest BCUT2D eigenvalue weighted by Gasteiger charge is 2.15. The molecule has 0 spiro atoms. The Labute approximate surface area is 157 Å². The molecule has 1 aliphatic rings. The highest BCUT2D eigenvalue weighted by Crippen LogP contribution is 2.24. The molecule has 3 rings (SSSR count). The number of nitro groups is 1. The molecule has 0 bridgehead atoms. The number of amides is 2. The van der Waals surface area contributed by atoms with Gasteiger partial charge in [-0.25, -0.2) is 4.79 Å². The van der Waals surface area contributed by atoms with Crippen molar-refractivity contribution < 1.29 is 9.72 Å². The van der Waals surface area contributed by atoms with Crippen molar-refractivity contribution in [2.75, 3.05) is 48.8 Å². The third kappa shape index (κ3) is 4.73. The van der Waals surface area contributed by atoms with Crippen LogP contribution in [0, 0.1) is 17.0 Å². The van der Waals surface area contributed by atoms with Crippen LogP contribution < -0.4 is 15.5 Å². The van der Waals surface area contributed by atoms with Crippen LogP contribution in [0.2, 0.25) is 0 Å². The molecule has 0 radical (unpaired) electrons. The molecule has 0 atom stereocenters. The number of rotatable bonds is 4. The van der Waals surface area contributed by atoms with Crippen molar-refractivity contribution in [2.24, 2.45) is 0 Å². The monoisotopic (exact) mass is 369 g/mol. The lowest BCUT2D eigenvalue weighted by atomic mass is 10.1. The lowest BCUT2D eigenvalue weighted by Crippen LogP contribution is -2.44. The molecule has 0 aromatic heterocycles.